The number of anilines is 1. The zero-order chi connectivity index (χ0) is 28.6. The molecule has 40 heavy (non-hydrogen) atoms. The first-order chi connectivity index (χ1) is 19.3. The zero-order valence-electron chi connectivity index (χ0n) is 23.0. The van der Waals surface area contributed by atoms with Gasteiger partial charge in [-0.3, -0.25) is 14.5 Å². The number of rotatable bonds is 8. The Hall–Kier alpha value is -4.79. The number of hydrogen-bond donors (Lipinski definition) is 2. The molecule has 206 valence electrons. The van der Waals surface area contributed by atoms with Gasteiger partial charge in [0.15, 0.2) is 11.5 Å². The van der Waals surface area contributed by atoms with Gasteiger partial charge in [0.25, 0.3) is 5.78 Å². The fourth-order valence-electron chi connectivity index (χ4n) is 5.04. The number of ketones is 1. The minimum absolute atomic E-state index is 0.0575. The Bertz CT molecular complexity index is 1600. The van der Waals surface area contributed by atoms with Gasteiger partial charge in [0.1, 0.15) is 11.5 Å². The Kier molecular flexibility index (Phi) is 7.21. The quantitative estimate of drug-likeness (QED) is 0.166. The lowest BCUT2D eigenvalue weighted by Crippen LogP contribution is -2.30. The minimum Gasteiger partial charge on any atom is -0.507 e. The minimum atomic E-state index is -0.990. The molecule has 1 fully saturated rings. The van der Waals surface area contributed by atoms with Gasteiger partial charge in [0.05, 0.1) is 43.5 Å². The Morgan fingerprint density at radius 1 is 1.00 bits per heavy atom. The van der Waals surface area contributed by atoms with Crippen LogP contribution in [0.1, 0.15) is 49.4 Å². The second-order valence-corrected chi connectivity index (χ2v) is 9.70. The van der Waals surface area contributed by atoms with E-state index in [1.54, 1.807) is 43.5 Å². The van der Waals surface area contributed by atoms with Crippen molar-refractivity contribution in [2.45, 2.75) is 32.7 Å². The van der Waals surface area contributed by atoms with Crippen LogP contribution in [0.15, 0.2) is 66.2 Å². The summed E-state index contributed by atoms with van der Waals surface area (Å²) in [6.07, 6.45) is 0. The summed E-state index contributed by atoms with van der Waals surface area (Å²) in [6, 6.07) is 16.7. The number of benzene rings is 3. The molecule has 1 aliphatic heterocycles. The molecule has 1 atom stereocenters. The van der Waals surface area contributed by atoms with E-state index < -0.39 is 17.7 Å². The number of nitrogens with one attached hydrogen (secondary N) is 1. The number of ether oxygens (including phenoxy) is 3. The van der Waals surface area contributed by atoms with Gasteiger partial charge in [-0.05, 0) is 66.4 Å². The van der Waals surface area contributed by atoms with Crippen molar-refractivity contribution in [3.8, 4) is 17.2 Å². The molecule has 1 aromatic heterocycles. The number of para-hydroxylation sites is 2. The maximum Gasteiger partial charge on any atom is 0.302 e. The number of nitrogens with zero attached hydrogens (tertiary/aromatic N) is 2. The average molecular weight is 542 g/mol. The number of aliphatic hydroxyl groups is 1. The number of carbonyl (C=O) groups is 2. The van der Waals surface area contributed by atoms with Crippen molar-refractivity contribution < 1.29 is 28.9 Å². The summed E-state index contributed by atoms with van der Waals surface area (Å²) in [6.45, 7) is 6.25. The van der Waals surface area contributed by atoms with Crippen molar-refractivity contribution in [3.63, 3.8) is 0 Å². The average Bonchev–Trinajstić information content (AvgIpc) is 3.50. The van der Waals surface area contributed by atoms with E-state index in [9.17, 15) is 14.7 Å². The molecule has 9 heteroatoms. The van der Waals surface area contributed by atoms with Crippen LogP contribution in [0, 0.1) is 0 Å². The normalized spacial score (nSPS) is 16.6. The first-order valence-corrected chi connectivity index (χ1v) is 13.0. The number of Topliss-reactive ketones (excluding diaryl/α,β-unsaturated/α-hetero) is 1. The molecule has 1 unspecified atom stereocenters. The molecular formula is C31H31N3O6. The molecule has 1 aliphatic rings. The molecule has 0 radical (unpaired) electrons. The van der Waals surface area contributed by atoms with E-state index in [1.165, 1.54) is 12.0 Å². The summed E-state index contributed by atoms with van der Waals surface area (Å²) in [5.41, 5.74) is 3.09. The number of hydrogen-bond acceptors (Lipinski definition) is 7. The highest BCUT2D eigenvalue weighted by Crippen LogP contribution is 2.44. The number of aliphatic hydroxyl groups excluding tert-OH is 1. The molecule has 2 heterocycles. The van der Waals surface area contributed by atoms with Crippen molar-refractivity contribution >= 4 is 34.4 Å². The predicted octanol–water partition coefficient (Wildman–Crippen LogP) is 5.73. The molecule has 4 aromatic rings. The summed E-state index contributed by atoms with van der Waals surface area (Å²) in [5.74, 6) is -0.0176. The molecule has 0 bridgehead atoms. The number of amides is 1. The van der Waals surface area contributed by atoms with Gasteiger partial charge in [0, 0.05) is 5.56 Å². The van der Waals surface area contributed by atoms with Gasteiger partial charge in [-0.1, -0.05) is 32.0 Å². The van der Waals surface area contributed by atoms with Crippen LogP contribution in [-0.2, 0) is 9.59 Å². The number of H-pyrrole nitrogens is 1. The third-order valence-electron chi connectivity index (χ3n) is 6.98. The highest BCUT2D eigenvalue weighted by molar-refractivity contribution is 6.51. The van der Waals surface area contributed by atoms with Crippen LogP contribution in [0.2, 0.25) is 0 Å². The molecule has 1 saturated heterocycles. The second kappa shape index (κ2) is 10.8. The Labute approximate surface area is 232 Å². The predicted molar refractivity (Wildman–Crippen MR) is 152 cm³/mol. The highest BCUT2D eigenvalue weighted by Gasteiger charge is 2.48. The molecular weight excluding hydrogens is 510 g/mol. The molecule has 3 aromatic carbocycles. The number of imidazole rings is 1. The number of fused-ring (bicyclic) bond motifs is 1. The van der Waals surface area contributed by atoms with E-state index in [4.69, 9.17) is 14.2 Å². The largest absolute Gasteiger partial charge is 0.507 e. The van der Waals surface area contributed by atoms with Gasteiger partial charge < -0.3 is 24.3 Å². The second-order valence-electron chi connectivity index (χ2n) is 9.70. The number of methoxy groups -OCH3 is 2. The van der Waals surface area contributed by atoms with Crippen LogP contribution >= 0.6 is 0 Å². The number of aromatic nitrogens is 2. The zero-order valence-corrected chi connectivity index (χ0v) is 23.0. The van der Waals surface area contributed by atoms with E-state index in [1.807, 2.05) is 45.0 Å². The van der Waals surface area contributed by atoms with Crippen LogP contribution in [0.4, 0.5) is 5.95 Å². The molecule has 5 rings (SSSR count). The summed E-state index contributed by atoms with van der Waals surface area (Å²) >= 11 is 0. The van der Waals surface area contributed by atoms with E-state index >= 15 is 0 Å². The molecule has 0 aliphatic carbocycles. The SMILES string of the molecule is CCOc1cc(C2/C(=C(\O)c3ccc(OC)c(C(C)C)c3)C(=O)C(=O)N2c2nc3ccccc3[nH]2)ccc1OC. The lowest BCUT2D eigenvalue weighted by Gasteiger charge is -2.24. The fraction of sp³-hybridized carbons (Fsp3) is 0.258. The summed E-state index contributed by atoms with van der Waals surface area (Å²) in [7, 11) is 3.12. The maximum absolute atomic E-state index is 13.6. The summed E-state index contributed by atoms with van der Waals surface area (Å²) in [5, 5.41) is 11.6. The standard InChI is InChI=1S/C31H31N3O6/c1-6-40-25-16-18(11-14-24(25)39-5)27-26(28(35)19-12-13-23(38-4)20(15-19)17(2)3)29(36)30(37)34(27)31-32-21-9-7-8-10-22(21)33-31/h7-17,27,35H,6H2,1-5H3,(H,32,33)/b28-26+. The van der Waals surface area contributed by atoms with E-state index in [0.29, 0.717) is 46.0 Å². The fourth-order valence-corrected chi connectivity index (χ4v) is 5.04. The van der Waals surface area contributed by atoms with Gasteiger partial charge in [0.2, 0.25) is 5.95 Å². The first kappa shape index (κ1) is 26.8. The summed E-state index contributed by atoms with van der Waals surface area (Å²) in [4.78, 5) is 36.3. The van der Waals surface area contributed by atoms with Crippen LogP contribution in [-0.4, -0.2) is 47.6 Å². The Morgan fingerprint density at radius 3 is 2.40 bits per heavy atom. The van der Waals surface area contributed by atoms with Crippen molar-refractivity contribution in [3.05, 3.63) is 82.9 Å². The third-order valence-corrected chi connectivity index (χ3v) is 6.98. The van der Waals surface area contributed by atoms with Gasteiger partial charge in [-0.25, -0.2) is 4.98 Å². The van der Waals surface area contributed by atoms with E-state index in [2.05, 4.69) is 9.97 Å². The maximum atomic E-state index is 13.6. The smallest absolute Gasteiger partial charge is 0.302 e. The molecule has 0 saturated carbocycles. The van der Waals surface area contributed by atoms with E-state index in [0.717, 1.165) is 5.56 Å². The van der Waals surface area contributed by atoms with Crippen molar-refractivity contribution in [1.29, 1.82) is 0 Å². The lowest BCUT2D eigenvalue weighted by molar-refractivity contribution is -0.132. The molecule has 1 amide bonds. The topological polar surface area (TPSA) is 114 Å². The van der Waals surface area contributed by atoms with Crippen molar-refractivity contribution in [2.75, 3.05) is 25.7 Å². The Morgan fingerprint density at radius 2 is 1.73 bits per heavy atom. The number of aromatic amines is 1. The van der Waals surface area contributed by atoms with Crippen LogP contribution < -0.4 is 19.1 Å². The third kappa shape index (κ3) is 4.53. The molecule has 0 spiro atoms. The van der Waals surface area contributed by atoms with E-state index in [-0.39, 0.29) is 23.2 Å². The molecule has 2 N–H and O–H groups in total. The van der Waals surface area contributed by atoms with Crippen molar-refractivity contribution in [2.24, 2.45) is 0 Å². The highest BCUT2D eigenvalue weighted by atomic mass is 16.5. The lowest BCUT2D eigenvalue weighted by atomic mass is 9.93. The van der Waals surface area contributed by atoms with Gasteiger partial charge in [-0.15, -0.1) is 0 Å². The molecule has 9 nitrogen and oxygen atoms in total. The van der Waals surface area contributed by atoms with Crippen LogP contribution in [0.5, 0.6) is 17.2 Å². The summed E-state index contributed by atoms with van der Waals surface area (Å²) < 4.78 is 16.7. The van der Waals surface area contributed by atoms with Gasteiger partial charge in [-0.2, -0.15) is 0 Å². The van der Waals surface area contributed by atoms with Crippen molar-refractivity contribution in [1.82, 2.24) is 9.97 Å². The first-order valence-electron chi connectivity index (χ1n) is 13.0. The van der Waals surface area contributed by atoms with Crippen LogP contribution in [0.25, 0.3) is 16.8 Å². The Balaban J connectivity index is 1.75. The van der Waals surface area contributed by atoms with Gasteiger partial charge >= 0.3 is 5.91 Å². The van der Waals surface area contributed by atoms with Crippen LogP contribution in [0.3, 0.4) is 0 Å². The monoisotopic (exact) mass is 541 g/mol. The number of carbonyl (C=O) groups excluding carboxylic acids is 2.